The van der Waals surface area contributed by atoms with Gasteiger partial charge in [-0.1, -0.05) is 23.2 Å². The number of halogens is 2. The van der Waals surface area contributed by atoms with Crippen LogP contribution in [0.1, 0.15) is 19.3 Å². The molecule has 1 N–H and O–H groups in total. The van der Waals surface area contributed by atoms with Crippen LogP contribution in [0.25, 0.3) is 5.69 Å². The number of piperidine rings is 1. The maximum atomic E-state index is 12.6. The Balaban J connectivity index is 1.64. The van der Waals surface area contributed by atoms with E-state index in [1.165, 1.54) is 4.68 Å². The average molecular weight is 425 g/mol. The van der Waals surface area contributed by atoms with Crippen molar-refractivity contribution in [3.8, 4) is 5.69 Å². The maximum Gasteiger partial charge on any atom is 0.292 e. The summed E-state index contributed by atoms with van der Waals surface area (Å²) in [6.07, 6.45) is 3.49. The topological polar surface area (TPSA) is 76.5 Å². The molecule has 28 heavy (non-hydrogen) atoms. The van der Waals surface area contributed by atoms with Crippen molar-refractivity contribution < 1.29 is 9.53 Å². The molecule has 1 aliphatic rings. The lowest BCUT2D eigenvalue weighted by atomic mass is 10.0. The van der Waals surface area contributed by atoms with E-state index in [9.17, 15) is 9.59 Å². The molecule has 1 saturated heterocycles. The molecule has 0 radical (unpaired) electrons. The molecular formula is C19H22Cl2N4O3. The van der Waals surface area contributed by atoms with E-state index >= 15 is 0 Å². The van der Waals surface area contributed by atoms with Gasteiger partial charge in [-0.15, -0.1) is 0 Å². The highest BCUT2D eigenvalue weighted by Gasteiger charge is 2.23. The summed E-state index contributed by atoms with van der Waals surface area (Å²) in [5, 5.41) is 8.17. The fraction of sp³-hybridized carbons (Fsp3) is 0.421. The van der Waals surface area contributed by atoms with Gasteiger partial charge in [0, 0.05) is 31.3 Å². The van der Waals surface area contributed by atoms with E-state index in [1.54, 1.807) is 37.6 Å². The third-order valence-electron chi connectivity index (χ3n) is 4.72. The minimum absolute atomic E-state index is 0.0866. The summed E-state index contributed by atoms with van der Waals surface area (Å²) in [4.78, 5) is 26.5. The van der Waals surface area contributed by atoms with Gasteiger partial charge in [-0.3, -0.25) is 9.59 Å². The summed E-state index contributed by atoms with van der Waals surface area (Å²) in [5.41, 5.74) is 0.688. The first kappa shape index (κ1) is 20.6. The Hall–Kier alpha value is -2.09. The van der Waals surface area contributed by atoms with Crippen molar-refractivity contribution in [2.75, 3.05) is 32.1 Å². The highest BCUT2D eigenvalue weighted by Crippen LogP contribution is 2.22. The number of amides is 1. The first-order valence-electron chi connectivity index (χ1n) is 9.06. The van der Waals surface area contributed by atoms with Crippen molar-refractivity contribution >= 4 is 34.8 Å². The number of rotatable bonds is 6. The van der Waals surface area contributed by atoms with Gasteiger partial charge < -0.3 is 15.0 Å². The molecule has 1 fully saturated rings. The third-order valence-corrected chi connectivity index (χ3v) is 5.33. The molecule has 2 aromatic rings. The van der Waals surface area contributed by atoms with Gasteiger partial charge in [0.2, 0.25) is 5.91 Å². The summed E-state index contributed by atoms with van der Waals surface area (Å²) in [6.45, 7) is 1.75. The van der Waals surface area contributed by atoms with Crippen LogP contribution in [0.15, 0.2) is 35.3 Å². The van der Waals surface area contributed by atoms with Crippen molar-refractivity contribution in [3.63, 3.8) is 0 Å². The predicted molar refractivity (Wildman–Crippen MR) is 110 cm³/mol. The second-order valence-corrected chi connectivity index (χ2v) is 7.42. The van der Waals surface area contributed by atoms with Crippen LogP contribution >= 0.6 is 23.2 Å². The molecule has 0 spiro atoms. The molecule has 0 unspecified atom stereocenters. The number of nitrogens with zero attached hydrogens (tertiary/aromatic N) is 3. The van der Waals surface area contributed by atoms with Gasteiger partial charge in [0.05, 0.1) is 30.6 Å². The number of carbonyl (C=O) groups is 1. The zero-order chi connectivity index (χ0) is 20.1. The number of ether oxygens (including phenoxy) is 1. The summed E-state index contributed by atoms with van der Waals surface area (Å²) in [6, 6.07) is 6.91. The predicted octanol–water partition coefficient (Wildman–Crippen LogP) is 2.98. The van der Waals surface area contributed by atoms with E-state index < -0.39 is 5.56 Å². The number of hydrogen-bond acceptors (Lipinski definition) is 5. The van der Waals surface area contributed by atoms with Crippen LogP contribution in [0, 0.1) is 0 Å². The van der Waals surface area contributed by atoms with Crippen molar-refractivity contribution in [2.45, 2.75) is 25.3 Å². The lowest BCUT2D eigenvalue weighted by Crippen LogP contribution is -2.42. The van der Waals surface area contributed by atoms with Crippen LogP contribution in [0.4, 0.5) is 5.69 Å². The Labute approximate surface area is 173 Å². The molecule has 2 heterocycles. The van der Waals surface area contributed by atoms with E-state index in [4.69, 9.17) is 27.9 Å². The Bertz CT molecular complexity index is 878. The summed E-state index contributed by atoms with van der Waals surface area (Å²) in [5.74, 6) is 0.102. The largest absolute Gasteiger partial charge is 0.384 e. The lowest BCUT2D eigenvalue weighted by Gasteiger charge is -2.33. The number of benzene rings is 1. The van der Waals surface area contributed by atoms with Crippen LogP contribution in [0.5, 0.6) is 0 Å². The van der Waals surface area contributed by atoms with E-state index in [1.807, 2.05) is 4.90 Å². The van der Waals surface area contributed by atoms with Crippen LogP contribution < -0.4 is 10.9 Å². The zero-order valence-electron chi connectivity index (χ0n) is 15.5. The molecule has 1 aliphatic heterocycles. The first-order valence-corrected chi connectivity index (χ1v) is 9.82. The van der Waals surface area contributed by atoms with Gasteiger partial charge in [0.25, 0.3) is 5.56 Å². The normalized spacial score (nSPS) is 14.9. The molecule has 7 nitrogen and oxygen atoms in total. The first-order chi connectivity index (χ1) is 13.5. The molecule has 0 aliphatic carbocycles. The second-order valence-electron chi connectivity index (χ2n) is 6.61. The van der Waals surface area contributed by atoms with E-state index in [2.05, 4.69) is 10.4 Å². The SMILES string of the molecule is COCCC(=O)N1CCC(Nc2cnn(-c3ccc(Cl)cc3)c(=O)c2Cl)CC1. The molecular weight excluding hydrogens is 403 g/mol. The van der Waals surface area contributed by atoms with Gasteiger partial charge in [-0.25, -0.2) is 0 Å². The summed E-state index contributed by atoms with van der Waals surface area (Å²) >= 11 is 12.2. The van der Waals surface area contributed by atoms with Crippen LogP contribution in [-0.4, -0.2) is 53.4 Å². The number of nitrogens with one attached hydrogen (secondary N) is 1. The fourth-order valence-electron chi connectivity index (χ4n) is 3.14. The molecule has 0 atom stereocenters. The molecule has 1 aromatic heterocycles. The molecule has 3 rings (SSSR count). The Morgan fingerprint density at radius 2 is 1.93 bits per heavy atom. The van der Waals surface area contributed by atoms with Gasteiger partial charge in [0.15, 0.2) is 0 Å². The van der Waals surface area contributed by atoms with E-state index in [0.29, 0.717) is 42.5 Å². The number of methoxy groups -OCH3 is 1. The van der Waals surface area contributed by atoms with Crippen molar-refractivity contribution in [1.29, 1.82) is 0 Å². The number of likely N-dealkylation sites (tertiary alicyclic amines) is 1. The highest BCUT2D eigenvalue weighted by molar-refractivity contribution is 6.33. The lowest BCUT2D eigenvalue weighted by molar-refractivity contribution is -0.133. The quantitative estimate of drug-likeness (QED) is 0.770. The molecule has 150 valence electrons. The number of anilines is 1. The molecule has 0 bridgehead atoms. The highest BCUT2D eigenvalue weighted by atomic mass is 35.5. The van der Waals surface area contributed by atoms with Gasteiger partial charge in [-0.2, -0.15) is 9.78 Å². The van der Waals surface area contributed by atoms with Gasteiger partial charge in [-0.05, 0) is 37.1 Å². The zero-order valence-corrected chi connectivity index (χ0v) is 17.0. The molecule has 1 aromatic carbocycles. The monoisotopic (exact) mass is 424 g/mol. The molecule has 9 heteroatoms. The maximum absolute atomic E-state index is 12.6. The standard InChI is InChI=1S/C19H22Cl2N4O3/c1-28-11-8-17(26)24-9-6-14(7-10-24)23-16-12-22-25(19(27)18(16)21)15-4-2-13(20)3-5-15/h2-5,12,14,23H,6-11H2,1H3. The Morgan fingerprint density at radius 1 is 1.25 bits per heavy atom. The minimum Gasteiger partial charge on any atom is -0.384 e. The number of carbonyl (C=O) groups excluding carboxylic acids is 1. The van der Waals surface area contributed by atoms with Gasteiger partial charge in [0.1, 0.15) is 5.02 Å². The van der Waals surface area contributed by atoms with E-state index in [-0.39, 0.29) is 17.0 Å². The second kappa shape index (κ2) is 9.41. The van der Waals surface area contributed by atoms with Crippen molar-refractivity contribution in [3.05, 3.63) is 50.9 Å². The molecule has 0 saturated carbocycles. The van der Waals surface area contributed by atoms with Crippen molar-refractivity contribution in [2.24, 2.45) is 0 Å². The minimum atomic E-state index is -0.402. The van der Waals surface area contributed by atoms with Crippen LogP contribution in [0.2, 0.25) is 10.0 Å². The Kier molecular flexibility index (Phi) is 6.93. The fourth-order valence-corrected chi connectivity index (χ4v) is 3.45. The van der Waals surface area contributed by atoms with Crippen molar-refractivity contribution in [1.82, 2.24) is 14.7 Å². The van der Waals surface area contributed by atoms with Gasteiger partial charge >= 0.3 is 0 Å². The van der Waals surface area contributed by atoms with E-state index in [0.717, 1.165) is 12.8 Å². The summed E-state index contributed by atoms with van der Waals surface area (Å²) < 4.78 is 6.19. The average Bonchev–Trinajstić information content (AvgIpc) is 2.71. The van der Waals surface area contributed by atoms with Crippen LogP contribution in [0.3, 0.4) is 0 Å². The van der Waals surface area contributed by atoms with Crippen LogP contribution in [-0.2, 0) is 9.53 Å². The Morgan fingerprint density at radius 3 is 2.57 bits per heavy atom. The molecule has 1 amide bonds. The third kappa shape index (κ3) is 4.84. The smallest absolute Gasteiger partial charge is 0.292 e. The summed E-state index contributed by atoms with van der Waals surface area (Å²) in [7, 11) is 1.59. The number of aromatic nitrogens is 2. The number of hydrogen-bond donors (Lipinski definition) is 1.